The molecule has 0 atom stereocenters. The number of rotatable bonds is 7. The molecule has 8 heteroatoms. The maximum Gasteiger partial charge on any atom is 0.267 e. The number of aromatic nitrogens is 1. The third-order valence-corrected chi connectivity index (χ3v) is 5.42. The third-order valence-electron chi connectivity index (χ3n) is 3.58. The molecule has 27 heavy (non-hydrogen) atoms. The molecule has 3 aromatic rings. The first kappa shape index (κ1) is 19.1. The lowest BCUT2D eigenvalue weighted by Crippen LogP contribution is -2.18. The maximum absolute atomic E-state index is 12.4. The molecule has 2 aromatic heterocycles. The second-order valence-corrected chi connectivity index (χ2v) is 7.65. The highest BCUT2D eigenvalue weighted by molar-refractivity contribution is 7.15. The van der Waals surface area contributed by atoms with E-state index in [-0.39, 0.29) is 11.8 Å². The van der Waals surface area contributed by atoms with Crippen molar-refractivity contribution in [2.75, 3.05) is 11.9 Å². The second kappa shape index (κ2) is 8.79. The van der Waals surface area contributed by atoms with Crippen LogP contribution in [-0.4, -0.2) is 23.4 Å². The van der Waals surface area contributed by atoms with Crippen molar-refractivity contribution >= 4 is 39.6 Å². The van der Waals surface area contributed by atoms with Gasteiger partial charge in [0.2, 0.25) is 5.91 Å². The second-order valence-electron chi connectivity index (χ2n) is 5.63. The van der Waals surface area contributed by atoms with Crippen LogP contribution in [-0.2, 0) is 11.3 Å². The average molecular weight is 402 g/mol. The van der Waals surface area contributed by atoms with Crippen LogP contribution in [0.25, 0.3) is 11.3 Å². The Balaban J connectivity index is 1.63. The number of nitrogens with zero attached hydrogens (tertiary/aromatic N) is 1. The van der Waals surface area contributed by atoms with Gasteiger partial charge in [0.25, 0.3) is 5.91 Å². The highest BCUT2D eigenvalue weighted by atomic mass is 32.1. The zero-order chi connectivity index (χ0) is 19.2. The Bertz CT molecular complexity index is 932. The number of hydrogen-bond acceptors (Lipinski definition) is 6. The van der Waals surface area contributed by atoms with Crippen LogP contribution >= 0.6 is 22.7 Å². The van der Waals surface area contributed by atoms with Crippen LogP contribution in [0.3, 0.4) is 0 Å². The molecule has 0 aliphatic heterocycles. The van der Waals surface area contributed by atoms with Gasteiger partial charge in [0.1, 0.15) is 5.75 Å². The van der Waals surface area contributed by atoms with Gasteiger partial charge in [0.05, 0.1) is 23.7 Å². The van der Waals surface area contributed by atoms with Gasteiger partial charge in [-0.2, -0.15) is 0 Å². The normalized spacial score (nSPS) is 10.4. The smallest absolute Gasteiger partial charge is 0.267 e. The van der Waals surface area contributed by atoms with Crippen molar-refractivity contribution in [3.05, 3.63) is 51.5 Å². The van der Waals surface area contributed by atoms with Gasteiger partial charge in [-0.25, -0.2) is 4.98 Å². The molecule has 0 radical (unpaired) electrons. The van der Waals surface area contributed by atoms with Crippen LogP contribution in [0.2, 0.25) is 0 Å². The molecule has 2 heterocycles. The predicted octanol–water partition coefficient (Wildman–Crippen LogP) is 4.16. The molecule has 0 spiro atoms. The molecular formula is C19H19N3O3S2. The highest BCUT2D eigenvalue weighted by Gasteiger charge is 2.12. The summed E-state index contributed by atoms with van der Waals surface area (Å²) in [6, 6.07) is 11.3. The first-order chi connectivity index (χ1) is 13.0. The number of anilines is 1. The van der Waals surface area contributed by atoms with Crippen LogP contribution in [0.15, 0.2) is 41.8 Å². The number of amides is 2. The summed E-state index contributed by atoms with van der Waals surface area (Å²) in [4.78, 5) is 29.3. The molecule has 140 valence electrons. The van der Waals surface area contributed by atoms with Gasteiger partial charge in [-0.05, 0) is 43.3 Å². The van der Waals surface area contributed by atoms with Crippen molar-refractivity contribution in [3.8, 4) is 17.0 Å². The van der Waals surface area contributed by atoms with Crippen molar-refractivity contribution < 1.29 is 14.3 Å². The molecule has 0 unspecified atom stereocenters. The molecule has 0 saturated heterocycles. The van der Waals surface area contributed by atoms with E-state index in [2.05, 4.69) is 15.6 Å². The Morgan fingerprint density at radius 3 is 2.63 bits per heavy atom. The molecule has 0 bridgehead atoms. The Morgan fingerprint density at radius 1 is 1.15 bits per heavy atom. The number of ether oxygens (including phenoxy) is 1. The van der Waals surface area contributed by atoms with E-state index in [1.54, 1.807) is 6.07 Å². The van der Waals surface area contributed by atoms with Crippen LogP contribution in [0.1, 0.15) is 28.4 Å². The SMILES string of the molecule is CCOc1ccc(-c2csc(NC(=O)c3ccc(CNC(C)=O)s3)n2)cc1. The number of thiophene rings is 1. The number of benzene rings is 1. The van der Waals surface area contributed by atoms with Gasteiger partial charge in [0.15, 0.2) is 5.13 Å². The zero-order valence-electron chi connectivity index (χ0n) is 14.9. The zero-order valence-corrected chi connectivity index (χ0v) is 16.6. The summed E-state index contributed by atoms with van der Waals surface area (Å²) in [6.07, 6.45) is 0. The first-order valence-corrected chi connectivity index (χ1v) is 10.1. The molecule has 1 aromatic carbocycles. The fraction of sp³-hybridized carbons (Fsp3) is 0.211. The quantitative estimate of drug-likeness (QED) is 0.623. The summed E-state index contributed by atoms with van der Waals surface area (Å²) >= 11 is 2.72. The minimum Gasteiger partial charge on any atom is -0.494 e. The van der Waals surface area contributed by atoms with E-state index in [4.69, 9.17) is 4.74 Å². The summed E-state index contributed by atoms with van der Waals surface area (Å²) in [5.74, 6) is 0.512. The van der Waals surface area contributed by atoms with E-state index < -0.39 is 0 Å². The molecule has 2 amide bonds. The molecule has 0 fully saturated rings. The predicted molar refractivity (Wildman–Crippen MR) is 109 cm³/mol. The lowest BCUT2D eigenvalue weighted by Gasteiger charge is -2.03. The largest absolute Gasteiger partial charge is 0.494 e. The van der Waals surface area contributed by atoms with Gasteiger partial charge >= 0.3 is 0 Å². The number of carbonyl (C=O) groups excluding carboxylic acids is 2. The van der Waals surface area contributed by atoms with Gasteiger partial charge in [-0.1, -0.05) is 0 Å². The summed E-state index contributed by atoms with van der Waals surface area (Å²) in [5.41, 5.74) is 1.76. The van der Waals surface area contributed by atoms with Crippen LogP contribution in [0.5, 0.6) is 5.75 Å². The molecule has 3 rings (SSSR count). The van der Waals surface area contributed by atoms with E-state index in [9.17, 15) is 9.59 Å². The van der Waals surface area contributed by atoms with Gasteiger partial charge in [-0.3, -0.25) is 14.9 Å². The van der Waals surface area contributed by atoms with Crippen molar-refractivity contribution in [1.82, 2.24) is 10.3 Å². The highest BCUT2D eigenvalue weighted by Crippen LogP contribution is 2.27. The van der Waals surface area contributed by atoms with Crippen molar-refractivity contribution in [2.45, 2.75) is 20.4 Å². The monoisotopic (exact) mass is 401 g/mol. The molecular weight excluding hydrogens is 382 g/mol. The Morgan fingerprint density at radius 2 is 1.93 bits per heavy atom. The fourth-order valence-electron chi connectivity index (χ4n) is 2.32. The lowest BCUT2D eigenvalue weighted by molar-refractivity contribution is -0.119. The Kier molecular flexibility index (Phi) is 6.20. The maximum atomic E-state index is 12.4. The van der Waals surface area contributed by atoms with Crippen molar-refractivity contribution in [2.24, 2.45) is 0 Å². The minimum atomic E-state index is -0.207. The van der Waals surface area contributed by atoms with E-state index in [1.807, 2.05) is 42.6 Å². The number of nitrogens with one attached hydrogen (secondary N) is 2. The van der Waals surface area contributed by atoms with E-state index >= 15 is 0 Å². The van der Waals surface area contributed by atoms with Crippen LogP contribution in [0.4, 0.5) is 5.13 Å². The number of hydrogen-bond donors (Lipinski definition) is 2. The van der Waals surface area contributed by atoms with Gasteiger partial charge in [-0.15, -0.1) is 22.7 Å². The van der Waals surface area contributed by atoms with Crippen LogP contribution < -0.4 is 15.4 Å². The summed E-state index contributed by atoms with van der Waals surface area (Å²) in [7, 11) is 0. The Hall–Kier alpha value is -2.71. The average Bonchev–Trinajstić information content (AvgIpc) is 3.30. The fourth-order valence-corrected chi connectivity index (χ4v) is 3.88. The van der Waals surface area contributed by atoms with E-state index in [1.165, 1.54) is 29.6 Å². The van der Waals surface area contributed by atoms with Crippen molar-refractivity contribution in [1.29, 1.82) is 0 Å². The van der Waals surface area contributed by atoms with Crippen LogP contribution in [0, 0.1) is 0 Å². The molecule has 0 aliphatic carbocycles. The molecule has 2 N–H and O–H groups in total. The first-order valence-electron chi connectivity index (χ1n) is 8.38. The summed E-state index contributed by atoms with van der Waals surface area (Å²) in [6.45, 7) is 4.46. The topological polar surface area (TPSA) is 80.3 Å². The van der Waals surface area contributed by atoms with Gasteiger partial charge < -0.3 is 10.1 Å². The minimum absolute atomic E-state index is 0.0981. The lowest BCUT2D eigenvalue weighted by atomic mass is 10.2. The Labute approximate surface area is 165 Å². The number of carbonyl (C=O) groups is 2. The number of thiazole rings is 1. The molecule has 0 aliphatic rings. The van der Waals surface area contributed by atoms with Gasteiger partial charge in [0, 0.05) is 22.7 Å². The van der Waals surface area contributed by atoms with E-state index in [0.717, 1.165) is 21.9 Å². The standard InChI is InChI=1S/C19H19N3O3S2/c1-3-25-14-6-4-13(5-7-14)16-11-26-19(21-16)22-18(24)17-9-8-15(27-17)10-20-12(2)23/h4-9,11H,3,10H2,1-2H3,(H,20,23)(H,21,22,24). The third kappa shape index (κ3) is 5.15. The molecule has 0 saturated carbocycles. The summed E-state index contributed by atoms with van der Waals surface area (Å²) in [5, 5.41) is 7.99. The molecule has 6 nitrogen and oxygen atoms in total. The summed E-state index contributed by atoms with van der Waals surface area (Å²) < 4.78 is 5.44. The van der Waals surface area contributed by atoms with Crippen molar-refractivity contribution in [3.63, 3.8) is 0 Å². The van der Waals surface area contributed by atoms with E-state index in [0.29, 0.717) is 23.2 Å².